The van der Waals surface area contributed by atoms with Crippen molar-refractivity contribution in [3.05, 3.63) is 106 Å². The molecular weight excluding hydrogens is 408 g/mol. The Kier molecular flexibility index (Phi) is 5.59. The molecule has 8 nitrogen and oxygen atoms in total. The van der Waals surface area contributed by atoms with E-state index in [0.29, 0.717) is 22.8 Å². The first-order valence-corrected chi connectivity index (χ1v) is 9.75. The molecule has 0 fully saturated rings. The number of carbonyl (C=O) groups is 2. The first kappa shape index (κ1) is 20.7. The number of hydrogen-bond acceptors (Lipinski definition) is 5. The molecule has 0 aliphatic carbocycles. The molecule has 1 N–H and O–H groups in total. The van der Waals surface area contributed by atoms with E-state index in [2.05, 4.69) is 10.3 Å². The Morgan fingerprint density at radius 2 is 1.75 bits per heavy atom. The number of hydrogen-bond donors (Lipinski definition) is 1. The average molecular weight is 426 g/mol. The van der Waals surface area contributed by atoms with Gasteiger partial charge in [0.1, 0.15) is 11.5 Å². The Morgan fingerprint density at radius 1 is 1.03 bits per heavy atom. The van der Waals surface area contributed by atoms with E-state index < -0.39 is 4.92 Å². The van der Waals surface area contributed by atoms with E-state index in [4.69, 9.17) is 0 Å². The Bertz CT molecular complexity index is 1260. The molecule has 1 heterocycles. The second-order valence-electron chi connectivity index (χ2n) is 7.05. The molecule has 0 radical (unpaired) electrons. The van der Waals surface area contributed by atoms with Crippen LogP contribution in [0.15, 0.2) is 89.6 Å². The lowest BCUT2D eigenvalue weighted by Gasteiger charge is -2.19. The van der Waals surface area contributed by atoms with Crippen molar-refractivity contribution in [2.75, 3.05) is 10.2 Å². The zero-order chi connectivity index (χ0) is 22.7. The van der Waals surface area contributed by atoms with E-state index in [1.807, 2.05) is 30.3 Å². The van der Waals surface area contributed by atoms with Gasteiger partial charge in [-0.25, -0.2) is 4.99 Å². The van der Waals surface area contributed by atoms with Crippen LogP contribution < -0.4 is 10.2 Å². The third-order valence-electron chi connectivity index (χ3n) is 4.72. The summed E-state index contributed by atoms with van der Waals surface area (Å²) in [5.41, 5.74) is 2.53. The molecule has 3 aromatic carbocycles. The smallest absolute Gasteiger partial charge is 0.282 e. The Morgan fingerprint density at radius 3 is 2.41 bits per heavy atom. The van der Waals surface area contributed by atoms with Gasteiger partial charge in [0.05, 0.1) is 10.6 Å². The molecule has 0 aromatic heterocycles. The second-order valence-corrected chi connectivity index (χ2v) is 7.05. The number of nitro benzene ring substituents is 1. The van der Waals surface area contributed by atoms with E-state index in [-0.39, 0.29) is 23.2 Å². The minimum absolute atomic E-state index is 0.0672. The highest BCUT2D eigenvalue weighted by Gasteiger charge is 2.32. The molecule has 32 heavy (non-hydrogen) atoms. The van der Waals surface area contributed by atoms with Crippen molar-refractivity contribution in [1.82, 2.24) is 0 Å². The number of aliphatic imine (C=N–C) groups is 1. The fourth-order valence-electron chi connectivity index (χ4n) is 3.32. The van der Waals surface area contributed by atoms with Gasteiger partial charge in [-0.1, -0.05) is 42.5 Å². The highest BCUT2D eigenvalue weighted by atomic mass is 16.6. The Balaban J connectivity index is 1.76. The van der Waals surface area contributed by atoms with Crippen molar-refractivity contribution >= 4 is 40.8 Å². The summed E-state index contributed by atoms with van der Waals surface area (Å²) in [4.78, 5) is 41.2. The number of carbonyl (C=O) groups excluding carboxylic acids is 2. The number of amides is 2. The van der Waals surface area contributed by atoms with E-state index in [1.54, 1.807) is 36.4 Å². The van der Waals surface area contributed by atoms with Crippen LogP contribution in [-0.4, -0.2) is 22.6 Å². The third kappa shape index (κ3) is 4.29. The highest BCUT2D eigenvalue weighted by molar-refractivity contribution is 6.33. The zero-order valence-corrected chi connectivity index (χ0v) is 17.1. The minimum atomic E-state index is -0.486. The van der Waals surface area contributed by atoms with Crippen molar-refractivity contribution in [2.45, 2.75) is 6.92 Å². The van der Waals surface area contributed by atoms with Crippen LogP contribution in [0.2, 0.25) is 0 Å². The monoisotopic (exact) mass is 426 g/mol. The fourth-order valence-corrected chi connectivity index (χ4v) is 3.32. The maximum absolute atomic E-state index is 13.3. The molecule has 0 atom stereocenters. The molecule has 8 heteroatoms. The van der Waals surface area contributed by atoms with Gasteiger partial charge in [0, 0.05) is 30.3 Å². The van der Waals surface area contributed by atoms with Gasteiger partial charge < -0.3 is 5.32 Å². The predicted molar refractivity (Wildman–Crippen MR) is 122 cm³/mol. The van der Waals surface area contributed by atoms with Gasteiger partial charge in [0.15, 0.2) is 0 Å². The van der Waals surface area contributed by atoms with Gasteiger partial charge in [-0.05, 0) is 35.9 Å². The average Bonchev–Trinajstić information content (AvgIpc) is 3.10. The third-order valence-corrected chi connectivity index (χ3v) is 4.72. The van der Waals surface area contributed by atoms with Gasteiger partial charge in [-0.2, -0.15) is 0 Å². The molecule has 1 aliphatic rings. The molecular formula is C24H18N4O4. The lowest BCUT2D eigenvalue weighted by atomic mass is 10.1. The molecule has 0 bridgehead atoms. The van der Waals surface area contributed by atoms with Crippen LogP contribution in [0.25, 0.3) is 6.08 Å². The molecule has 0 spiro atoms. The van der Waals surface area contributed by atoms with E-state index in [0.717, 1.165) is 5.56 Å². The van der Waals surface area contributed by atoms with Crippen LogP contribution >= 0.6 is 0 Å². The topological polar surface area (TPSA) is 105 Å². The van der Waals surface area contributed by atoms with Crippen LogP contribution in [0.3, 0.4) is 0 Å². The number of rotatable bonds is 5. The molecule has 2 amide bonds. The number of anilines is 2. The fraction of sp³-hybridized carbons (Fsp3) is 0.0417. The van der Waals surface area contributed by atoms with E-state index in [9.17, 15) is 19.7 Å². The standard InChI is InChI=1S/C24H18N4O4/c1-16(29)25-19-10-12-20(13-11-19)27-23(18-7-3-2-4-8-18)26-22(24(27)30)15-17-6-5-9-21(14-17)28(31)32/h2-15H,1H3,(H,25,29). The van der Waals surface area contributed by atoms with Gasteiger partial charge >= 0.3 is 0 Å². The second kappa shape index (κ2) is 8.65. The van der Waals surface area contributed by atoms with Crippen LogP contribution in [0.4, 0.5) is 17.1 Å². The summed E-state index contributed by atoms with van der Waals surface area (Å²) in [6.45, 7) is 1.42. The number of amidine groups is 1. The number of benzene rings is 3. The summed E-state index contributed by atoms with van der Waals surface area (Å²) in [6.07, 6.45) is 1.53. The summed E-state index contributed by atoms with van der Waals surface area (Å²) < 4.78 is 0. The van der Waals surface area contributed by atoms with E-state index >= 15 is 0 Å². The lowest BCUT2D eigenvalue weighted by molar-refractivity contribution is -0.384. The molecule has 158 valence electrons. The SMILES string of the molecule is CC(=O)Nc1ccc(N2C(=O)C(=Cc3cccc([N+](=O)[O-])c3)N=C2c2ccccc2)cc1. The van der Waals surface area contributed by atoms with E-state index in [1.165, 1.54) is 30.0 Å². The van der Waals surface area contributed by atoms with Crippen molar-refractivity contribution < 1.29 is 14.5 Å². The van der Waals surface area contributed by atoms with Crippen molar-refractivity contribution in [3.63, 3.8) is 0 Å². The molecule has 3 aromatic rings. The number of non-ortho nitro benzene ring substituents is 1. The minimum Gasteiger partial charge on any atom is -0.326 e. The molecule has 0 unspecified atom stereocenters. The lowest BCUT2D eigenvalue weighted by Crippen LogP contribution is -2.32. The zero-order valence-electron chi connectivity index (χ0n) is 17.1. The van der Waals surface area contributed by atoms with Gasteiger partial charge in [0.25, 0.3) is 11.6 Å². The quantitative estimate of drug-likeness (QED) is 0.371. The normalized spacial score (nSPS) is 14.4. The van der Waals surface area contributed by atoms with Gasteiger partial charge in [-0.3, -0.25) is 24.6 Å². The largest absolute Gasteiger partial charge is 0.326 e. The Labute approximate surface area is 183 Å². The van der Waals surface area contributed by atoms with Crippen LogP contribution in [-0.2, 0) is 9.59 Å². The summed E-state index contributed by atoms with van der Waals surface area (Å²) >= 11 is 0. The molecule has 1 aliphatic heterocycles. The van der Waals surface area contributed by atoms with Gasteiger partial charge in [-0.15, -0.1) is 0 Å². The van der Waals surface area contributed by atoms with Crippen molar-refractivity contribution in [2.24, 2.45) is 4.99 Å². The summed E-state index contributed by atoms with van der Waals surface area (Å²) in [7, 11) is 0. The predicted octanol–water partition coefficient (Wildman–Crippen LogP) is 4.39. The first-order chi connectivity index (χ1) is 15.4. The highest BCUT2D eigenvalue weighted by Crippen LogP contribution is 2.29. The number of nitrogens with one attached hydrogen (secondary N) is 1. The van der Waals surface area contributed by atoms with Gasteiger partial charge in [0.2, 0.25) is 5.91 Å². The Hall–Kier alpha value is -4.59. The molecule has 0 saturated heterocycles. The van der Waals surface area contributed by atoms with Crippen LogP contribution in [0, 0.1) is 10.1 Å². The first-order valence-electron chi connectivity index (χ1n) is 9.75. The summed E-state index contributed by atoms with van der Waals surface area (Å²) in [6, 6.07) is 22.1. The molecule has 4 rings (SSSR count). The maximum Gasteiger partial charge on any atom is 0.282 e. The number of nitrogens with zero attached hydrogens (tertiary/aromatic N) is 3. The summed E-state index contributed by atoms with van der Waals surface area (Å²) in [5.74, 6) is -0.106. The molecule has 0 saturated carbocycles. The maximum atomic E-state index is 13.3. The van der Waals surface area contributed by atoms with Crippen LogP contribution in [0.5, 0.6) is 0 Å². The van der Waals surface area contributed by atoms with Crippen molar-refractivity contribution in [1.29, 1.82) is 0 Å². The van der Waals surface area contributed by atoms with Crippen LogP contribution in [0.1, 0.15) is 18.1 Å². The summed E-state index contributed by atoms with van der Waals surface area (Å²) in [5, 5.41) is 13.8. The van der Waals surface area contributed by atoms with Crippen molar-refractivity contribution in [3.8, 4) is 0 Å². The number of nitro groups is 1.